The Morgan fingerprint density at radius 2 is 1.85 bits per heavy atom. The molecule has 0 aromatic heterocycles. The minimum Gasteiger partial charge on any atom is -0.480 e. The number of hydrogen-bond acceptors (Lipinski definition) is 3. The zero-order valence-electron chi connectivity index (χ0n) is 11.2. The summed E-state index contributed by atoms with van der Waals surface area (Å²) in [5, 5.41) is 8.77. The molecule has 1 saturated carbocycles. The van der Waals surface area contributed by atoms with Gasteiger partial charge in [0.15, 0.2) is 0 Å². The van der Waals surface area contributed by atoms with Crippen LogP contribution in [0.3, 0.4) is 0 Å². The number of hydrogen-bond donors (Lipinski definition) is 2. The lowest BCUT2D eigenvalue weighted by molar-refractivity contribution is -0.138. The van der Waals surface area contributed by atoms with Crippen LogP contribution < -0.4 is 4.72 Å². The molecule has 2 rings (SSSR count). The van der Waals surface area contributed by atoms with Crippen molar-refractivity contribution in [1.82, 2.24) is 4.72 Å². The monoisotopic (exact) mass is 297 g/mol. The normalized spacial score (nSPS) is 18.0. The minimum atomic E-state index is -3.56. The van der Waals surface area contributed by atoms with Gasteiger partial charge in [0.05, 0.1) is 5.25 Å². The Bertz CT molecular complexity index is 550. The Morgan fingerprint density at radius 1 is 1.25 bits per heavy atom. The third kappa shape index (κ3) is 3.80. The van der Waals surface area contributed by atoms with E-state index >= 15 is 0 Å². The predicted octanol–water partition coefficient (Wildman–Crippen LogP) is 1.54. The average Bonchev–Trinajstić information content (AvgIpc) is 2.93. The molecule has 0 aliphatic heterocycles. The van der Waals surface area contributed by atoms with Crippen LogP contribution in [-0.4, -0.2) is 30.8 Å². The lowest BCUT2D eigenvalue weighted by Crippen LogP contribution is -2.45. The van der Waals surface area contributed by atoms with E-state index in [0.717, 1.165) is 18.4 Å². The summed E-state index contributed by atoms with van der Waals surface area (Å²) < 4.78 is 26.7. The zero-order valence-corrected chi connectivity index (χ0v) is 12.0. The molecule has 1 aromatic carbocycles. The van der Waals surface area contributed by atoms with Gasteiger partial charge < -0.3 is 5.11 Å². The second-order valence-corrected chi connectivity index (χ2v) is 7.14. The fourth-order valence-electron chi connectivity index (χ4n) is 2.52. The molecule has 0 amide bonds. The van der Waals surface area contributed by atoms with E-state index in [2.05, 4.69) is 4.72 Å². The molecule has 2 N–H and O–H groups in total. The maximum Gasteiger partial charge on any atom is 0.322 e. The molecule has 0 spiro atoms. The van der Waals surface area contributed by atoms with Crippen LogP contribution >= 0.6 is 0 Å². The highest BCUT2D eigenvalue weighted by molar-refractivity contribution is 7.90. The molecule has 6 heteroatoms. The van der Waals surface area contributed by atoms with Crippen molar-refractivity contribution in [3.63, 3.8) is 0 Å². The number of benzene rings is 1. The summed E-state index contributed by atoms with van der Waals surface area (Å²) in [6, 6.07) is 7.92. The number of rotatable bonds is 6. The van der Waals surface area contributed by atoms with Crippen molar-refractivity contribution < 1.29 is 18.3 Å². The number of nitrogens with one attached hydrogen (secondary N) is 1. The van der Waals surface area contributed by atoms with Gasteiger partial charge in [-0.1, -0.05) is 43.2 Å². The van der Waals surface area contributed by atoms with Gasteiger partial charge in [0.25, 0.3) is 0 Å². The van der Waals surface area contributed by atoms with Crippen LogP contribution in [0.2, 0.25) is 0 Å². The molecular formula is C14H19NO4S. The first-order chi connectivity index (χ1) is 9.49. The summed E-state index contributed by atoms with van der Waals surface area (Å²) in [6.45, 7) is 0. The molecular weight excluding hydrogens is 278 g/mol. The van der Waals surface area contributed by atoms with Gasteiger partial charge >= 0.3 is 5.97 Å². The predicted molar refractivity (Wildman–Crippen MR) is 75.9 cm³/mol. The van der Waals surface area contributed by atoms with Crippen molar-refractivity contribution in [2.24, 2.45) is 0 Å². The van der Waals surface area contributed by atoms with E-state index in [9.17, 15) is 18.3 Å². The van der Waals surface area contributed by atoms with Gasteiger partial charge in [-0.15, -0.1) is 0 Å². The topological polar surface area (TPSA) is 83.5 Å². The maximum atomic E-state index is 12.2. The number of carbonyl (C=O) groups is 1. The lowest BCUT2D eigenvalue weighted by Gasteiger charge is -2.18. The fourth-order valence-corrected chi connectivity index (χ4v) is 4.25. The highest BCUT2D eigenvalue weighted by Gasteiger charge is 2.32. The van der Waals surface area contributed by atoms with Crippen molar-refractivity contribution in [2.75, 3.05) is 0 Å². The van der Waals surface area contributed by atoms with Crippen molar-refractivity contribution in [3.05, 3.63) is 35.9 Å². The van der Waals surface area contributed by atoms with Crippen molar-refractivity contribution in [2.45, 2.75) is 43.4 Å². The van der Waals surface area contributed by atoms with Gasteiger partial charge in [0.1, 0.15) is 6.04 Å². The molecule has 0 radical (unpaired) electrons. The van der Waals surface area contributed by atoms with Crippen LogP contribution in [0.15, 0.2) is 30.3 Å². The smallest absolute Gasteiger partial charge is 0.322 e. The summed E-state index contributed by atoms with van der Waals surface area (Å²) in [4.78, 5) is 11.3. The Hall–Kier alpha value is -1.40. The number of carboxylic acids is 1. The molecule has 1 aromatic rings. The van der Waals surface area contributed by atoms with Crippen LogP contribution in [0, 0.1) is 0 Å². The lowest BCUT2D eigenvalue weighted by atomic mass is 10.1. The van der Waals surface area contributed by atoms with Crippen LogP contribution in [-0.2, 0) is 21.2 Å². The second-order valence-electron chi connectivity index (χ2n) is 5.15. The van der Waals surface area contributed by atoms with Gasteiger partial charge in [-0.05, 0) is 24.8 Å². The molecule has 1 aliphatic rings. The summed E-state index contributed by atoms with van der Waals surface area (Å²) in [5.41, 5.74) is 0.800. The molecule has 20 heavy (non-hydrogen) atoms. The first-order valence-electron chi connectivity index (χ1n) is 6.77. The molecule has 0 saturated heterocycles. The number of sulfonamides is 1. The van der Waals surface area contributed by atoms with E-state index in [-0.39, 0.29) is 6.42 Å². The number of carboxylic acid groups (broad SMARTS) is 1. The Balaban J connectivity index is 2.08. The molecule has 1 unspecified atom stereocenters. The Labute approximate surface area is 119 Å². The van der Waals surface area contributed by atoms with Crippen LogP contribution in [0.25, 0.3) is 0 Å². The van der Waals surface area contributed by atoms with Crippen LogP contribution in [0.4, 0.5) is 0 Å². The van der Waals surface area contributed by atoms with E-state index in [1.54, 1.807) is 24.3 Å². The zero-order chi connectivity index (χ0) is 14.6. The van der Waals surface area contributed by atoms with Gasteiger partial charge in [0.2, 0.25) is 10.0 Å². The molecule has 1 aliphatic carbocycles. The summed E-state index contributed by atoms with van der Waals surface area (Å²) in [5.74, 6) is -1.14. The van der Waals surface area contributed by atoms with Crippen molar-refractivity contribution >= 4 is 16.0 Å². The van der Waals surface area contributed by atoms with Gasteiger partial charge in [0, 0.05) is 0 Å². The quantitative estimate of drug-likeness (QED) is 0.834. The van der Waals surface area contributed by atoms with Crippen LogP contribution in [0.1, 0.15) is 31.2 Å². The van der Waals surface area contributed by atoms with E-state index < -0.39 is 27.3 Å². The molecule has 1 fully saturated rings. The Kier molecular flexibility index (Phi) is 4.77. The molecule has 1 atom stereocenters. The largest absolute Gasteiger partial charge is 0.480 e. The average molecular weight is 297 g/mol. The third-order valence-corrected chi connectivity index (χ3v) is 5.59. The van der Waals surface area contributed by atoms with E-state index in [1.807, 2.05) is 6.07 Å². The summed E-state index contributed by atoms with van der Waals surface area (Å²) in [7, 11) is -3.56. The van der Waals surface area contributed by atoms with Gasteiger partial charge in [-0.25, -0.2) is 13.1 Å². The molecule has 0 heterocycles. The highest BCUT2D eigenvalue weighted by atomic mass is 32.2. The van der Waals surface area contributed by atoms with E-state index in [1.165, 1.54) is 0 Å². The van der Waals surface area contributed by atoms with Crippen LogP contribution in [0.5, 0.6) is 0 Å². The van der Waals surface area contributed by atoms with Gasteiger partial charge in [-0.3, -0.25) is 4.79 Å². The standard InChI is InChI=1S/C14H19NO4S/c16-14(17)13(10-11-6-2-1-3-7-11)15-20(18,19)12-8-4-5-9-12/h1-3,6-7,12-13,15H,4-5,8-10H2,(H,16,17). The molecule has 0 bridgehead atoms. The summed E-state index contributed by atoms with van der Waals surface area (Å²) >= 11 is 0. The number of aliphatic carboxylic acids is 1. The van der Waals surface area contributed by atoms with E-state index in [4.69, 9.17) is 0 Å². The van der Waals surface area contributed by atoms with Crippen molar-refractivity contribution in [1.29, 1.82) is 0 Å². The molecule has 5 nitrogen and oxygen atoms in total. The molecule has 110 valence electrons. The van der Waals surface area contributed by atoms with Crippen molar-refractivity contribution in [3.8, 4) is 0 Å². The SMILES string of the molecule is O=C(O)C(Cc1ccccc1)NS(=O)(=O)C1CCCC1. The van der Waals surface area contributed by atoms with E-state index in [0.29, 0.717) is 12.8 Å². The summed E-state index contributed by atoms with van der Waals surface area (Å²) in [6.07, 6.45) is 3.17. The first kappa shape index (κ1) is 15.0. The maximum absolute atomic E-state index is 12.2. The minimum absolute atomic E-state index is 0.155. The third-order valence-electron chi connectivity index (χ3n) is 3.63. The van der Waals surface area contributed by atoms with Gasteiger partial charge in [-0.2, -0.15) is 0 Å². The first-order valence-corrected chi connectivity index (χ1v) is 8.31. The second kappa shape index (κ2) is 6.37. The Morgan fingerprint density at radius 3 is 2.40 bits per heavy atom. The fraction of sp³-hybridized carbons (Fsp3) is 0.500. The highest BCUT2D eigenvalue weighted by Crippen LogP contribution is 2.24.